The van der Waals surface area contributed by atoms with Crippen molar-refractivity contribution >= 4 is 11.9 Å². The Kier molecular flexibility index (Phi) is 18.6. The summed E-state index contributed by atoms with van der Waals surface area (Å²) in [6.07, 6.45) is -32.4. The van der Waals surface area contributed by atoms with E-state index < -0.39 is 224 Å². The molecule has 0 amide bonds. The van der Waals surface area contributed by atoms with E-state index in [-0.39, 0.29) is 37.2 Å². The average Bonchev–Trinajstić information content (AvgIpc) is 0.820. The maximum Gasteiger partial charge on any atom is 0.315 e. The van der Waals surface area contributed by atoms with Crippen LogP contribution >= 0.6 is 0 Å². The van der Waals surface area contributed by atoms with Crippen LogP contribution in [0.25, 0.3) is 0 Å². The van der Waals surface area contributed by atoms with Crippen LogP contribution in [0.15, 0.2) is 11.6 Å². The van der Waals surface area contributed by atoms with Crippen molar-refractivity contribution in [2.24, 2.45) is 50.2 Å². The molecule has 28 nitrogen and oxygen atoms in total. The van der Waals surface area contributed by atoms with E-state index in [1.54, 1.807) is 0 Å². The molecule has 28 heteroatoms. The van der Waals surface area contributed by atoms with Gasteiger partial charge in [0.15, 0.2) is 25.2 Å². The van der Waals surface area contributed by atoms with Crippen molar-refractivity contribution < 1.29 is 139 Å². The minimum absolute atomic E-state index is 0.0355. The Morgan fingerprint density at radius 2 is 1.22 bits per heavy atom. The summed E-state index contributed by atoms with van der Waals surface area (Å²) in [7, 11) is 0. The number of esters is 1. The molecule has 86 heavy (non-hydrogen) atoms. The summed E-state index contributed by atoms with van der Waals surface area (Å²) in [5.41, 5.74) is -7.38. The number of aliphatic hydroxyl groups excluding tert-OH is 14. The van der Waals surface area contributed by atoms with Gasteiger partial charge in [0, 0.05) is 5.41 Å². The predicted octanol–water partition coefficient (Wildman–Crippen LogP) is -3.87. The molecule has 0 radical (unpaired) electrons. The molecule has 5 heterocycles. The van der Waals surface area contributed by atoms with E-state index in [4.69, 9.17) is 47.4 Å². The van der Waals surface area contributed by atoms with Crippen molar-refractivity contribution in [3.8, 4) is 0 Å². The SMILES string of the molecule is CC1OC(OC(=O)C23CCC(C)(C)CC2C2=CCC4C5(C)CC(O)C(OC6OC(CO)C(O)C(O)C6O)C(C)(C(=O)O)C5CCC4(C)C2(CO)CC3)C(O)C(OC2OCC(O)(CO)C2OC2OC(C)C(OC3OCC(O)C(O)C3O)C(O)C2O)C1O. The van der Waals surface area contributed by atoms with Gasteiger partial charge in [0.05, 0.1) is 62.2 Å². The molecule has 0 bridgehead atoms. The van der Waals surface area contributed by atoms with Crippen molar-refractivity contribution in [2.75, 3.05) is 33.0 Å². The van der Waals surface area contributed by atoms with Crippen LogP contribution in [0, 0.1) is 50.2 Å². The highest BCUT2D eigenvalue weighted by Crippen LogP contribution is 2.76. The maximum absolute atomic E-state index is 15.4. The quantitative estimate of drug-likeness (QED) is 0.0449. The molecule has 0 spiro atoms. The molecule has 32 unspecified atom stereocenters. The number of aliphatic carboxylic acids is 1. The first kappa shape index (κ1) is 66.6. The number of rotatable bonds is 14. The number of aliphatic hydroxyl groups is 15. The number of allylic oxidation sites excluding steroid dienone is 1. The van der Waals surface area contributed by atoms with Crippen LogP contribution in [0.3, 0.4) is 0 Å². The van der Waals surface area contributed by atoms with Gasteiger partial charge in [-0.3, -0.25) is 9.59 Å². The van der Waals surface area contributed by atoms with E-state index >= 15 is 4.79 Å². The summed E-state index contributed by atoms with van der Waals surface area (Å²) in [6, 6.07) is 0. The lowest BCUT2D eigenvalue weighted by Crippen LogP contribution is -2.71. The van der Waals surface area contributed by atoms with Crippen molar-refractivity contribution in [2.45, 2.75) is 253 Å². The van der Waals surface area contributed by atoms with E-state index in [1.807, 2.05) is 6.92 Å². The molecular formula is C58H92O28. The van der Waals surface area contributed by atoms with Gasteiger partial charge in [-0.05, 0) is 113 Å². The van der Waals surface area contributed by atoms with E-state index in [9.17, 15) is 86.5 Å². The summed E-state index contributed by atoms with van der Waals surface area (Å²) < 4.78 is 59.0. The number of carboxylic acids is 1. The van der Waals surface area contributed by atoms with Crippen LogP contribution < -0.4 is 0 Å². The third-order valence-corrected chi connectivity index (χ3v) is 22.8. The first-order valence-electron chi connectivity index (χ1n) is 30.2. The zero-order valence-corrected chi connectivity index (χ0v) is 49.5. The molecular weight excluding hydrogens is 1140 g/mol. The Morgan fingerprint density at radius 3 is 1.88 bits per heavy atom. The van der Waals surface area contributed by atoms with Gasteiger partial charge in [-0.2, -0.15) is 0 Å². The lowest BCUT2D eigenvalue weighted by molar-refractivity contribution is -0.363. The highest BCUT2D eigenvalue weighted by molar-refractivity contribution is 5.79. The second-order valence-electron chi connectivity index (χ2n) is 28.1. The molecule has 0 aromatic carbocycles. The second-order valence-corrected chi connectivity index (χ2v) is 28.1. The molecule has 0 aromatic heterocycles. The van der Waals surface area contributed by atoms with Gasteiger partial charge in [-0.15, -0.1) is 0 Å². The van der Waals surface area contributed by atoms with Gasteiger partial charge in [0.25, 0.3) is 0 Å². The highest BCUT2D eigenvalue weighted by Gasteiger charge is 2.74. The Labute approximate surface area is 497 Å². The average molecular weight is 1240 g/mol. The third-order valence-electron chi connectivity index (χ3n) is 22.8. The predicted molar refractivity (Wildman–Crippen MR) is 285 cm³/mol. The van der Waals surface area contributed by atoms with Crippen LogP contribution in [-0.2, 0) is 57.0 Å². The van der Waals surface area contributed by atoms with Crippen LogP contribution in [-0.4, -0.2) is 274 Å². The molecule has 5 aliphatic heterocycles. The Balaban J connectivity index is 0.872. The molecule has 10 aliphatic rings. The number of carbonyl (C=O) groups excluding carboxylic acids is 1. The van der Waals surface area contributed by atoms with E-state index in [1.165, 1.54) is 20.8 Å². The number of fused-ring (bicyclic) bond motifs is 7. The zero-order chi connectivity index (χ0) is 62.9. The molecule has 32 atom stereocenters. The largest absolute Gasteiger partial charge is 0.481 e. The van der Waals surface area contributed by atoms with Crippen LogP contribution in [0.2, 0.25) is 0 Å². The summed E-state index contributed by atoms with van der Waals surface area (Å²) in [6.45, 7) is 9.50. The fourth-order valence-corrected chi connectivity index (χ4v) is 17.6. The van der Waals surface area contributed by atoms with Gasteiger partial charge in [0.2, 0.25) is 6.29 Å². The first-order valence-corrected chi connectivity index (χ1v) is 30.2. The monoisotopic (exact) mass is 1240 g/mol. The fourth-order valence-electron chi connectivity index (χ4n) is 17.6. The van der Waals surface area contributed by atoms with Gasteiger partial charge in [-0.25, -0.2) is 0 Å². The maximum atomic E-state index is 15.4. The van der Waals surface area contributed by atoms with Crippen molar-refractivity contribution in [1.82, 2.24) is 0 Å². The number of carbonyl (C=O) groups is 2. The van der Waals surface area contributed by atoms with Crippen molar-refractivity contribution in [3.63, 3.8) is 0 Å². The van der Waals surface area contributed by atoms with E-state index in [0.29, 0.717) is 38.5 Å². The highest BCUT2D eigenvalue weighted by atomic mass is 16.8. The molecule has 5 saturated heterocycles. The fraction of sp³-hybridized carbons (Fsp3) is 0.931. The molecule has 10 rings (SSSR count). The normalized spacial score (nSPS) is 54.6. The van der Waals surface area contributed by atoms with E-state index in [0.717, 1.165) is 5.57 Å². The molecule has 9 fully saturated rings. The minimum Gasteiger partial charge on any atom is -0.481 e. The third kappa shape index (κ3) is 10.5. The van der Waals surface area contributed by atoms with Gasteiger partial charge in [-0.1, -0.05) is 39.3 Å². The molecule has 492 valence electrons. The molecule has 5 aliphatic carbocycles. The summed E-state index contributed by atoms with van der Waals surface area (Å²) >= 11 is 0. The van der Waals surface area contributed by atoms with Crippen LogP contribution in [0.5, 0.6) is 0 Å². The number of hydrogen-bond donors (Lipinski definition) is 16. The Morgan fingerprint density at radius 1 is 0.593 bits per heavy atom. The smallest absolute Gasteiger partial charge is 0.315 e. The molecule has 0 aromatic rings. The van der Waals surface area contributed by atoms with Crippen LogP contribution in [0.4, 0.5) is 0 Å². The summed E-state index contributed by atoms with van der Waals surface area (Å²) in [5, 5.41) is 176. The lowest BCUT2D eigenvalue weighted by atomic mass is 9.33. The summed E-state index contributed by atoms with van der Waals surface area (Å²) in [5.74, 6) is -3.50. The van der Waals surface area contributed by atoms with Gasteiger partial charge < -0.3 is 129 Å². The van der Waals surface area contributed by atoms with Crippen LogP contribution in [0.1, 0.15) is 106 Å². The minimum atomic E-state index is -2.27. The lowest BCUT2D eigenvalue weighted by Gasteiger charge is -2.71. The Bertz CT molecular complexity index is 2470. The Hall–Kier alpha value is -2.28. The van der Waals surface area contributed by atoms with E-state index in [2.05, 4.69) is 26.8 Å². The topological polar surface area (TPSA) is 450 Å². The number of ether oxygens (including phenoxy) is 10. The summed E-state index contributed by atoms with van der Waals surface area (Å²) in [4.78, 5) is 29.2. The number of hydrogen-bond acceptors (Lipinski definition) is 27. The zero-order valence-electron chi connectivity index (χ0n) is 49.5. The second kappa shape index (κ2) is 24.0. The van der Waals surface area contributed by atoms with Gasteiger partial charge in [0.1, 0.15) is 97.2 Å². The molecule has 4 saturated carbocycles. The first-order chi connectivity index (χ1) is 40.2. The molecule has 16 N–H and O–H groups in total. The van der Waals surface area contributed by atoms with Crippen molar-refractivity contribution in [3.05, 3.63) is 11.6 Å². The van der Waals surface area contributed by atoms with Gasteiger partial charge >= 0.3 is 11.9 Å². The number of carboxylic acid groups (broad SMARTS) is 1. The van der Waals surface area contributed by atoms with Crippen molar-refractivity contribution in [1.29, 1.82) is 0 Å². The standard InChI is InChI=1S/C58H92O28/c1-23-32(64)42(83-49-44(58(76,21-61)22-78-49)85-46-39(71)36(68)41(24(2)80-46)82-45-37(69)33(65)28(63)19-77-45)40(72)48(79-23)86-51(75)56-13-12-52(3,4)16-26(56)25-8-9-30-53(5)17-27(62)43(84-47-38(70)35(67)34(66)29(18-59)81-47)55(7,50(73)74)31(53)10-11-54(30,6)57(25,20-60)15-14-56/h8,23-24,26-49,59-72,76H,9-22H2,1-7H3,(H,73,74).